The molecule has 1 aliphatic carbocycles. The molecule has 1 aliphatic rings. The third-order valence-corrected chi connectivity index (χ3v) is 3.04. The number of carboxylic acid groups (broad SMARTS) is 1. The second-order valence-corrected chi connectivity index (χ2v) is 4.39. The van der Waals surface area contributed by atoms with Crippen molar-refractivity contribution in [1.82, 2.24) is 9.78 Å². The molecule has 1 heterocycles. The summed E-state index contributed by atoms with van der Waals surface area (Å²) in [6, 6.07) is 1.97. The van der Waals surface area contributed by atoms with Gasteiger partial charge in [0.05, 0.1) is 11.6 Å². The normalized spacial score (nSPS) is 17.7. The predicted molar refractivity (Wildman–Crippen MR) is 55.5 cm³/mol. The zero-order chi connectivity index (χ0) is 11.0. The maximum Gasteiger partial charge on any atom is 0.307 e. The SMILES string of the molecule is Cc1cc(CC(C(=O)O)C2CC2)n(C)n1. The molecule has 1 N–H and O–H groups in total. The minimum Gasteiger partial charge on any atom is -0.481 e. The second-order valence-electron chi connectivity index (χ2n) is 4.39. The molecule has 0 spiro atoms. The summed E-state index contributed by atoms with van der Waals surface area (Å²) in [5.41, 5.74) is 1.97. The first-order valence-electron chi connectivity index (χ1n) is 5.30. The Morgan fingerprint density at radius 1 is 1.73 bits per heavy atom. The summed E-state index contributed by atoms with van der Waals surface area (Å²) >= 11 is 0. The van der Waals surface area contributed by atoms with Crippen molar-refractivity contribution < 1.29 is 9.90 Å². The average Bonchev–Trinajstić information content (AvgIpc) is 2.90. The lowest BCUT2D eigenvalue weighted by molar-refractivity contribution is -0.142. The molecule has 1 unspecified atom stereocenters. The molecule has 4 heteroatoms. The number of rotatable bonds is 4. The number of carboxylic acids is 1. The molecule has 82 valence electrons. The van der Waals surface area contributed by atoms with Crippen LogP contribution in [0.1, 0.15) is 24.2 Å². The molecule has 0 aromatic carbocycles. The summed E-state index contributed by atoms with van der Waals surface area (Å²) in [7, 11) is 1.87. The van der Waals surface area contributed by atoms with E-state index in [1.54, 1.807) is 4.68 Å². The van der Waals surface area contributed by atoms with Crippen LogP contribution in [0.15, 0.2) is 6.07 Å². The van der Waals surface area contributed by atoms with E-state index >= 15 is 0 Å². The fourth-order valence-corrected chi connectivity index (χ4v) is 2.03. The van der Waals surface area contributed by atoms with E-state index in [-0.39, 0.29) is 5.92 Å². The van der Waals surface area contributed by atoms with E-state index in [9.17, 15) is 4.79 Å². The van der Waals surface area contributed by atoms with E-state index in [1.165, 1.54) is 0 Å². The molecule has 0 aliphatic heterocycles. The van der Waals surface area contributed by atoms with Crippen LogP contribution >= 0.6 is 0 Å². The first-order valence-corrected chi connectivity index (χ1v) is 5.30. The maximum atomic E-state index is 11.1. The van der Waals surface area contributed by atoms with Gasteiger partial charge in [0, 0.05) is 19.2 Å². The Balaban J connectivity index is 2.11. The van der Waals surface area contributed by atoms with Crippen molar-refractivity contribution >= 4 is 5.97 Å². The van der Waals surface area contributed by atoms with Gasteiger partial charge in [-0.05, 0) is 31.7 Å². The highest BCUT2D eigenvalue weighted by Crippen LogP contribution is 2.38. The highest BCUT2D eigenvalue weighted by atomic mass is 16.4. The number of hydrogen-bond donors (Lipinski definition) is 1. The zero-order valence-corrected chi connectivity index (χ0v) is 9.10. The van der Waals surface area contributed by atoms with Crippen molar-refractivity contribution in [2.24, 2.45) is 18.9 Å². The van der Waals surface area contributed by atoms with Gasteiger partial charge < -0.3 is 5.11 Å². The highest BCUT2D eigenvalue weighted by Gasteiger charge is 2.36. The molecule has 1 aromatic rings. The van der Waals surface area contributed by atoms with Crippen molar-refractivity contribution in [1.29, 1.82) is 0 Å². The summed E-state index contributed by atoms with van der Waals surface area (Å²) in [6.07, 6.45) is 2.74. The van der Waals surface area contributed by atoms with Crippen molar-refractivity contribution in [2.75, 3.05) is 0 Å². The quantitative estimate of drug-likeness (QED) is 0.813. The van der Waals surface area contributed by atoms with Gasteiger partial charge in [0.15, 0.2) is 0 Å². The summed E-state index contributed by atoms with van der Waals surface area (Å²) in [4.78, 5) is 11.1. The van der Waals surface area contributed by atoms with Crippen molar-refractivity contribution in [3.63, 3.8) is 0 Å². The minimum absolute atomic E-state index is 0.222. The van der Waals surface area contributed by atoms with Gasteiger partial charge >= 0.3 is 5.97 Å². The minimum atomic E-state index is -0.670. The molecule has 0 bridgehead atoms. The van der Waals surface area contributed by atoms with Gasteiger partial charge in [-0.3, -0.25) is 9.48 Å². The summed E-state index contributed by atoms with van der Waals surface area (Å²) in [6.45, 7) is 1.93. The zero-order valence-electron chi connectivity index (χ0n) is 9.10. The molecule has 15 heavy (non-hydrogen) atoms. The molecule has 1 fully saturated rings. The lowest BCUT2D eigenvalue weighted by atomic mass is 9.98. The van der Waals surface area contributed by atoms with E-state index in [1.807, 2.05) is 20.0 Å². The number of carbonyl (C=O) groups is 1. The van der Waals surface area contributed by atoms with E-state index in [0.29, 0.717) is 12.3 Å². The van der Waals surface area contributed by atoms with Crippen LogP contribution in [0.3, 0.4) is 0 Å². The van der Waals surface area contributed by atoms with Gasteiger partial charge in [0.1, 0.15) is 0 Å². The number of aromatic nitrogens is 2. The van der Waals surface area contributed by atoms with Gasteiger partial charge in [-0.15, -0.1) is 0 Å². The van der Waals surface area contributed by atoms with E-state index in [4.69, 9.17) is 5.11 Å². The molecule has 0 amide bonds. The predicted octanol–water partition coefficient (Wildman–Crippen LogP) is 1.38. The molecule has 0 saturated heterocycles. The van der Waals surface area contributed by atoms with Gasteiger partial charge in [-0.1, -0.05) is 0 Å². The Morgan fingerprint density at radius 2 is 2.40 bits per heavy atom. The number of nitrogens with zero attached hydrogens (tertiary/aromatic N) is 2. The first-order chi connectivity index (χ1) is 7.08. The van der Waals surface area contributed by atoms with Crippen LogP contribution in [0, 0.1) is 18.8 Å². The fourth-order valence-electron chi connectivity index (χ4n) is 2.03. The first kappa shape index (κ1) is 10.2. The van der Waals surface area contributed by atoms with Crippen LogP contribution in [-0.2, 0) is 18.3 Å². The van der Waals surface area contributed by atoms with Crippen LogP contribution < -0.4 is 0 Å². The van der Waals surface area contributed by atoms with Crippen molar-refractivity contribution in [3.05, 3.63) is 17.5 Å². The van der Waals surface area contributed by atoms with E-state index in [0.717, 1.165) is 24.2 Å². The molecule has 4 nitrogen and oxygen atoms in total. The Labute approximate surface area is 88.9 Å². The molecule has 0 radical (unpaired) electrons. The van der Waals surface area contributed by atoms with Gasteiger partial charge in [0.2, 0.25) is 0 Å². The fraction of sp³-hybridized carbons (Fsp3) is 0.636. The molecule has 1 aromatic heterocycles. The smallest absolute Gasteiger partial charge is 0.307 e. The van der Waals surface area contributed by atoms with Crippen LogP contribution in [0.2, 0.25) is 0 Å². The Kier molecular flexibility index (Phi) is 2.50. The van der Waals surface area contributed by atoms with Gasteiger partial charge in [-0.2, -0.15) is 5.10 Å². The van der Waals surface area contributed by atoms with Gasteiger partial charge in [0.25, 0.3) is 0 Å². The third kappa shape index (κ3) is 2.19. The number of aryl methyl sites for hydroxylation is 2. The topological polar surface area (TPSA) is 55.1 Å². The lowest BCUT2D eigenvalue weighted by Crippen LogP contribution is -2.19. The Bertz CT molecular complexity index is 380. The molecule has 1 saturated carbocycles. The molecular weight excluding hydrogens is 192 g/mol. The largest absolute Gasteiger partial charge is 0.481 e. The lowest BCUT2D eigenvalue weighted by Gasteiger charge is -2.10. The average molecular weight is 208 g/mol. The van der Waals surface area contributed by atoms with Crippen molar-refractivity contribution in [3.8, 4) is 0 Å². The Morgan fingerprint density at radius 3 is 2.80 bits per heavy atom. The summed E-state index contributed by atoms with van der Waals surface area (Å²) in [5.74, 6) is -0.506. The maximum absolute atomic E-state index is 11.1. The standard InChI is InChI=1S/C11H16N2O2/c1-7-5-9(13(2)12-7)6-10(11(14)15)8-3-4-8/h5,8,10H,3-4,6H2,1-2H3,(H,14,15). The van der Waals surface area contributed by atoms with Crippen molar-refractivity contribution in [2.45, 2.75) is 26.2 Å². The summed E-state index contributed by atoms with van der Waals surface area (Å²) < 4.78 is 1.79. The number of hydrogen-bond acceptors (Lipinski definition) is 2. The van der Waals surface area contributed by atoms with Crippen LogP contribution in [0.5, 0.6) is 0 Å². The third-order valence-electron chi connectivity index (χ3n) is 3.04. The Hall–Kier alpha value is -1.32. The molecule has 1 atom stereocenters. The van der Waals surface area contributed by atoms with E-state index < -0.39 is 5.97 Å². The van der Waals surface area contributed by atoms with E-state index in [2.05, 4.69) is 5.10 Å². The van der Waals surface area contributed by atoms with Crippen LogP contribution in [-0.4, -0.2) is 20.9 Å². The molecule has 2 rings (SSSR count). The second kappa shape index (κ2) is 3.68. The highest BCUT2D eigenvalue weighted by molar-refractivity contribution is 5.71. The van der Waals surface area contributed by atoms with Crippen LogP contribution in [0.25, 0.3) is 0 Å². The number of aliphatic carboxylic acids is 1. The van der Waals surface area contributed by atoms with Gasteiger partial charge in [-0.25, -0.2) is 0 Å². The summed E-state index contributed by atoms with van der Waals surface area (Å²) in [5, 5.41) is 13.3. The molecular formula is C11H16N2O2. The van der Waals surface area contributed by atoms with Crippen LogP contribution in [0.4, 0.5) is 0 Å². The monoisotopic (exact) mass is 208 g/mol.